The quantitative estimate of drug-likeness (QED) is 0.907. The van der Waals surface area contributed by atoms with E-state index in [1.54, 1.807) is 37.3 Å². The molecule has 100 valence electrons. The van der Waals surface area contributed by atoms with Gasteiger partial charge in [0, 0.05) is 6.54 Å². The van der Waals surface area contributed by atoms with Crippen LogP contribution in [0.2, 0.25) is 0 Å². The second kappa shape index (κ2) is 5.38. The number of benzene rings is 1. The molecular formula is C13H19NO3S. The Kier molecular flexibility index (Phi) is 4.04. The third kappa shape index (κ3) is 2.58. The molecule has 1 aromatic rings. The number of hydrogen-bond donors (Lipinski definition) is 1. The predicted molar refractivity (Wildman–Crippen MR) is 69.7 cm³/mol. The van der Waals surface area contributed by atoms with Crippen LogP contribution < -0.4 is 0 Å². The van der Waals surface area contributed by atoms with E-state index in [1.807, 2.05) is 0 Å². The Bertz CT molecular complexity index is 484. The van der Waals surface area contributed by atoms with Crippen molar-refractivity contribution in [2.45, 2.75) is 43.2 Å². The highest BCUT2D eigenvalue weighted by molar-refractivity contribution is 7.89. The zero-order valence-corrected chi connectivity index (χ0v) is 11.3. The first kappa shape index (κ1) is 13.5. The predicted octanol–water partition coefficient (Wildman–Crippen LogP) is 1.61. The summed E-state index contributed by atoms with van der Waals surface area (Å²) in [4.78, 5) is 0.303. The fraction of sp³-hybridized carbons (Fsp3) is 0.538. The molecule has 0 saturated carbocycles. The molecule has 1 aromatic carbocycles. The SMILES string of the molecule is CC(O)C1CCCCN1S(=O)(=O)c1ccccc1. The first-order valence-corrected chi connectivity index (χ1v) is 7.72. The van der Waals surface area contributed by atoms with Gasteiger partial charge in [0.25, 0.3) is 0 Å². The highest BCUT2D eigenvalue weighted by Crippen LogP contribution is 2.26. The van der Waals surface area contributed by atoms with E-state index >= 15 is 0 Å². The van der Waals surface area contributed by atoms with Gasteiger partial charge in [-0.05, 0) is 31.9 Å². The molecule has 4 nitrogen and oxygen atoms in total. The van der Waals surface area contributed by atoms with Crippen molar-refractivity contribution in [3.8, 4) is 0 Å². The number of nitrogens with zero attached hydrogens (tertiary/aromatic N) is 1. The molecule has 1 saturated heterocycles. The summed E-state index contributed by atoms with van der Waals surface area (Å²) in [7, 11) is -3.48. The average Bonchev–Trinajstić information content (AvgIpc) is 2.39. The lowest BCUT2D eigenvalue weighted by atomic mass is 10.0. The highest BCUT2D eigenvalue weighted by Gasteiger charge is 2.35. The maximum absolute atomic E-state index is 12.5. The lowest BCUT2D eigenvalue weighted by molar-refractivity contribution is 0.0831. The van der Waals surface area contributed by atoms with Crippen molar-refractivity contribution < 1.29 is 13.5 Å². The first-order chi connectivity index (χ1) is 8.53. The second-order valence-corrected chi connectivity index (χ2v) is 6.62. The zero-order chi connectivity index (χ0) is 13.2. The number of hydrogen-bond acceptors (Lipinski definition) is 3. The molecule has 0 aliphatic carbocycles. The molecule has 0 radical (unpaired) electrons. The third-order valence-electron chi connectivity index (χ3n) is 3.40. The van der Waals surface area contributed by atoms with E-state index in [0.717, 1.165) is 19.3 Å². The Balaban J connectivity index is 2.34. The molecule has 0 amide bonds. The average molecular weight is 269 g/mol. The van der Waals surface area contributed by atoms with Crippen molar-refractivity contribution >= 4 is 10.0 Å². The van der Waals surface area contributed by atoms with Crippen molar-refractivity contribution in [3.63, 3.8) is 0 Å². The van der Waals surface area contributed by atoms with Gasteiger partial charge in [-0.15, -0.1) is 0 Å². The van der Waals surface area contributed by atoms with Crippen molar-refractivity contribution in [1.29, 1.82) is 0 Å². The summed E-state index contributed by atoms with van der Waals surface area (Å²) >= 11 is 0. The van der Waals surface area contributed by atoms with Crippen molar-refractivity contribution in [2.75, 3.05) is 6.54 Å². The van der Waals surface area contributed by atoms with Gasteiger partial charge >= 0.3 is 0 Å². The number of rotatable bonds is 3. The molecule has 0 aromatic heterocycles. The molecule has 1 aliphatic heterocycles. The fourth-order valence-corrected chi connectivity index (χ4v) is 4.22. The van der Waals surface area contributed by atoms with Crippen LogP contribution in [-0.2, 0) is 10.0 Å². The number of aliphatic hydroxyl groups excluding tert-OH is 1. The van der Waals surface area contributed by atoms with Crippen LogP contribution in [0.1, 0.15) is 26.2 Å². The van der Waals surface area contributed by atoms with Crippen LogP contribution in [0.4, 0.5) is 0 Å². The van der Waals surface area contributed by atoms with E-state index in [-0.39, 0.29) is 6.04 Å². The summed E-state index contributed by atoms with van der Waals surface area (Å²) in [6.45, 7) is 2.15. The molecule has 1 heterocycles. The summed E-state index contributed by atoms with van der Waals surface area (Å²) < 4.78 is 26.5. The van der Waals surface area contributed by atoms with E-state index in [9.17, 15) is 13.5 Å². The standard InChI is InChI=1S/C13H19NO3S/c1-11(15)13-9-5-6-10-14(13)18(16,17)12-7-3-2-4-8-12/h2-4,7-8,11,13,15H,5-6,9-10H2,1H3. The second-order valence-electron chi connectivity index (χ2n) is 4.73. The van der Waals surface area contributed by atoms with Crippen LogP contribution in [0.3, 0.4) is 0 Å². The van der Waals surface area contributed by atoms with E-state index in [1.165, 1.54) is 4.31 Å². The number of aliphatic hydroxyl groups is 1. The third-order valence-corrected chi connectivity index (χ3v) is 5.34. The minimum atomic E-state index is -3.48. The summed E-state index contributed by atoms with van der Waals surface area (Å²) in [5.41, 5.74) is 0. The van der Waals surface area contributed by atoms with Crippen molar-refractivity contribution in [3.05, 3.63) is 30.3 Å². The van der Waals surface area contributed by atoms with Crippen LogP contribution in [0.25, 0.3) is 0 Å². The zero-order valence-electron chi connectivity index (χ0n) is 10.5. The van der Waals surface area contributed by atoms with Gasteiger partial charge in [0.2, 0.25) is 10.0 Å². The summed E-state index contributed by atoms with van der Waals surface area (Å²) in [6.07, 6.45) is 1.92. The molecule has 1 aliphatic rings. The maximum atomic E-state index is 12.5. The Hall–Kier alpha value is -0.910. The lowest BCUT2D eigenvalue weighted by Crippen LogP contribution is -2.48. The van der Waals surface area contributed by atoms with Crippen LogP contribution >= 0.6 is 0 Å². The molecule has 0 spiro atoms. The minimum Gasteiger partial charge on any atom is -0.392 e. The lowest BCUT2D eigenvalue weighted by Gasteiger charge is -2.36. The topological polar surface area (TPSA) is 57.6 Å². The van der Waals surface area contributed by atoms with Gasteiger partial charge in [0.05, 0.1) is 17.0 Å². The molecule has 1 fully saturated rings. The number of sulfonamides is 1. The van der Waals surface area contributed by atoms with Gasteiger partial charge in [-0.25, -0.2) is 8.42 Å². The van der Waals surface area contributed by atoms with Crippen LogP contribution in [0.5, 0.6) is 0 Å². The van der Waals surface area contributed by atoms with E-state index < -0.39 is 16.1 Å². The maximum Gasteiger partial charge on any atom is 0.243 e. The van der Waals surface area contributed by atoms with E-state index in [2.05, 4.69) is 0 Å². The Morgan fingerprint density at radius 1 is 1.28 bits per heavy atom. The molecule has 5 heteroatoms. The fourth-order valence-electron chi connectivity index (χ4n) is 2.44. The first-order valence-electron chi connectivity index (χ1n) is 6.28. The molecular weight excluding hydrogens is 250 g/mol. The summed E-state index contributed by atoms with van der Waals surface area (Å²) in [5.74, 6) is 0. The monoisotopic (exact) mass is 269 g/mol. The van der Waals surface area contributed by atoms with Gasteiger partial charge < -0.3 is 5.11 Å². The van der Waals surface area contributed by atoms with Gasteiger partial charge in [-0.2, -0.15) is 4.31 Å². The Morgan fingerprint density at radius 2 is 1.94 bits per heavy atom. The minimum absolute atomic E-state index is 0.302. The largest absolute Gasteiger partial charge is 0.392 e. The molecule has 0 bridgehead atoms. The highest BCUT2D eigenvalue weighted by atomic mass is 32.2. The van der Waals surface area contributed by atoms with Crippen LogP contribution in [-0.4, -0.2) is 36.5 Å². The smallest absolute Gasteiger partial charge is 0.243 e. The summed E-state index contributed by atoms with van der Waals surface area (Å²) in [5, 5.41) is 9.75. The number of piperidine rings is 1. The molecule has 1 N–H and O–H groups in total. The molecule has 2 unspecified atom stereocenters. The van der Waals surface area contributed by atoms with Crippen molar-refractivity contribution in [2.24, 2.45) is 0 Å². The molecule has 2 rings (SSSR count). The normalized spacial score (nSPS) is 23.8. The van der Waals surface area contributed by atoms with E-state index in [4.69, 9.17) is 0 Å². The van der Waals surface area contributed by atoms with Gasteiger partial charge in [-0.1, -0.05) is 24.6 Å². The molecule has 18 heavy (non-hydrogen) atoms. The van der Waals surface area contributed by atoms with E-state index in [0.29, 0.717) is 11.4 Å². The Labute approximate surface area is 108 Å². The van der Waals surface area contributed by atoms with Gasteiger partial charge in [0.15, 0.2) is 0 Å². The van der Waals surface area contributed by atoms with Gasteiger partial charge in [0.1, 0.15) is 0 Å². The molecule has 2 atom stereocenters. The van der Waals surface area contributed by atoms with Crippen molar-refractivity contribution in [1.82, 2.24) is 4.31 Å². The summed E-state index contributed by atoms with van der Waals surface area (Å²) in [6, 6.07) is 8.12. The van der Waals surface area contributed by atoms with Gasteiger partial charge in [-0.3, -0.25) is 0 Å². The van der Waals surface area contributed by atoms with Crippen LogP contribution in [0.15, 0.2) is 35.2 Å². The Morgan fingerprint density at radius 3 is 2.56 bits per heavy atom. The van der Waals surface area contributed by atoms with Crippen LogP contribution in [0, 0.1) is 0 Å².